The van der Waals surface area contributed by atoms with Crippen LogP contribution in [-0.4, -0.2) is 16.2 Å². The smallest absolute Gasteiger partial charge is 0.0592 e. The molecule has 1 N–H and O–H groups in total. The molecule has 1 unspecified atom stereocenters. The van der Waals surface area contributed by atoms with Crippen LogP contribution in [0.2, 0.25) is 0 Å². The lowest BCUT2D eigenvalue weighted by atomic mass is 9.98. The van der Waals surface area contributed by atoms with Gasteiger partial charge in [0.1, 0.15) is 0 Å². The van der Waals surface area contributed by atoms with Crippen LogP contribution in [0.5, 0.6) is 0 Å². The van der Waals surface area contributed by atoms with Crippen LogP contribution in [-0.2, 0) is 20.0 Å². The average molecular weight is 838 g/mol. The normalized spacial score (nSPS) is 13.6. The second-order valence-corrected chi connectivity index (χ2v) is 17.1. The molecule has 0 aliphatic heterocycles. The number of fused-ring (bicyclic) bond motifs is 11. The molecule has 3 nitrogen and oxygen atoms in total. The Morgan fingerprint density at radius 2 is 1.49 bits per heavy atom. The Hall–Kier alpha value is -6.72. The van der Waals surface area contributed by atoms with E-state index in [0.717, 1.165) is 25.8 Å². The molecule has 0 radical (unpaired) electrons. The van der Waals surface area contributed by atoms with E-state index in [1.807, 2.05) is 38.3 Å². The van der Waals surface area contributed by atoms with Gasteiger partial charge in [0, 0.05) is 61.1 Å². The highest BCUT2D eigenvalue weighted by Crippen LogP contribution is 2.40. The number of hydrogen-bond donors (Lipinski definition) is 1. The van der Waals surface area contributed by atoms with Gasteiger partial charge in [-0.05, 0) is 108 Å². The van der Waals surface area contributed by atoms with Crippen LogP contribution >= 0.6 is 11.3 Å². The number of para-hydroxylation sites is 1. The summed E-state index contributed by atoms with van der Waals surface area (Å²) in [5, 5.41) is 10.1. The summed E-state index contributed by atoms with van der Waals surface area (Å²) in [6.45, 7) is 8.61. The molecule has 63 heavy (non-hydrogen) atoms. The minimum Gasteiger partial charge on any atom is -0.344 e. The molecule has 0 saturated heterocycles. The number of hydrogen-bond acceptors (Lipinski definition) is 2. The van der Waals surface area contributed by atoms with Crippen molar-refractivity contribution in [1.29, 1.82) is 0 Å². The quantitative estimate of drug-likeness (QED) is 0.151. The number of nitrogens with one attached hydrogen (secondary N) is 1. The molecule has 6 aromatic carbocycles. The summed E-state index contributed by atoms with van der Waals surface area (Å²) in [5.74, 6) is 0. The van der Waals surface area contributed by atoms with E-state index in [2.05, 4.69) is 210 Å². The van der Waals surface area contributed by atoms with Crippen molar-refractivity contribution in [2.24, 2.45) is 7.05 Å². The molecule has 1 atom stereocenters. The number of rotatable bonds is 8. The maximum atomic E-state index is 3.75. The number of thiophene rings is 1. The van der Waals surface area contributed by atoms with Crippen LogP contribution < -0.4 is 5.32 Å². The van der Waals surface area contributed by atoms with E-state index in [0.29, 0.717) is 0 Å². The first-order valence-corrected chi connectivity index (χ1v) is 23.2. The Morgan fingerprint density at radius 3 is 2.33 bits per heavy atom. The molecule has 0 spiro atoms. The van der Waals surface area contributed by atoms with E-state index in [1.54, 1.807) is 0 Å². The van der Waals surface area contributed by atoms with Crippen LogP contribution in [0.1, 0.15) is 60.7 Å². The Bertz CT molecular complexity index is 3270. The lowest BCUT2D eigenvalue weighted by molar-refractivity contribution is 0.714. The standard InChI is InChI=1S/C38H30N2.C19H19NS.C2H6/c1-39-34-17-7-3-6-16-33(34)37-36(39)22-21-32-31-15-8-9-18-35(31)40(38(32)37)25-26-11-10-14-28-19-20-29(24-30(28)23-26)27-12-4-2-5-13-27;1-3-4-5-9-17(20-2)14-11-12-19-16(13-14)15-8-6-7-10-18(15)21-19;1-2/h2-10,12-15,17-24H,11,16,25H2,1H3;3,5-13,17,20H,1,4H2,2H3;1-2H3/b;9-5-;. The van der Waals surface area contributed by atoms with Crippen LogP contribution in [0.4, 0.5) is 0 Å². The van der Waals surface area contributed by atoms with Gasteiger partial charge in [0.15, 0.2) is 0 Å². The van der Waals surface area contributed by atoms with Crippen molar-refractivity contribution in [1.82, 2.24) is 14.5 Å². The van der Waals surface area contributed by atoms with Crippen molar-refractivity contribution in [2.45, 2.75) is 45.7 Å². The zero-order valence-electron chi connectivity index (χ0n) is 36.8. The molecule has 4 heteroatoms. The van der Waals surface area contributed by atoms with Crippen molar-refractivity contribution in [3.63, 3.8) is 0 Å². The molecule has 11 rings (SSSR count). The molecular weight excluding hydrogens is 783 g/mol. The number of aryl methyl sites for hydroxylation is 1. The molecule has 0 fully saturated rings. The second kappa shape index (κ2) is 18.7. The molecule has 9 aromatic rings. The van der Waals surface area contributed by atoms with Crippen LogP contribution in [0.25, 0.3) is 82.2 Å². The SMILES string of the molecule is C=CC/C=C\C(NC)c1ccc2sc3ccccc3c2c1.CC.Cn1c2c(c3c1ccc1c4ccccc4n(CC4=Cc5cc(-c6ccccc6)ccc5C=CC4)c13)CC=CC=C2. The van der Waals surface area contributed by atoms with Gasteiger partial charge in [-0.2, -0.15) is 0 Å². The van der Waals surface area contributed by atoms with Gasteiger partial charge in [0.2, 0.25) is 0 Å². The largest absolute Gasteiger partial charge is 0.344 e. The minimum atomic E-state index is 0.244. The highest BCUT2D eigenvalue weighted by Gasteiger charge is 2.21. The lowest BCUT2D eigenvalue weighted by Gasteiger charge is -2.12. The fraction of sp³-hybridized carbons (Fsp3) is 0.153. The molecule has 2 aliphatic carbocycles. The maximum Gasteiger partial charge on any atom is 0.0592 e. The van der Waals surface area contributed by atoms with E-state index in [9.17, 15) is 0 Å². The van der Waals surface area contributed by atoms with Crippen molar-refractivity contribution < 1.29 is 0 Å². The number of benzene rings is 6. The topological polar surface area (TPSA) is 21.9 Å². The summed E-state index contributed by atoms with van der Waals surface area (Å²) in [4.78, 5) is 0. The zero-order valence-corrected chi connectivity index (χ0v) is 37.6. The third-order valence-corrected chi connectivity index (χ3v) is 13.5. The molecule has 0 bridgehead atoms. The highest BCUT2D eigenvalue weighted by atomic mass is 32.1. The Balaban J connectivity index is 0.000000185. The van der Waals surface area contributed by atoms with Gasteiger partial charge in [-0.15, -0.1) is 17.9 Å². The summed E-state index contributed by atoms with van der Waals surface area (Å²) in [7, 11) is 4.20. The predicted octanol–water partition coefficient (Wildman–Crippen LogP) is 16.1. The Labute approximate surface area is 376 Å². The summed E-state index contributed by atoms with van der Waals surface area (Å²) in [6, 6.07) is 46.7. The minimum absolute atomic E-state index is 0.244. The van der Waals surface area contributed by atoms with Gasteiger partial charge in [0.25, 0.3) is 0 Å². The number of likely N-dealkylation sites (N-methyl/N-ethyl adjacent to an activating group) is 1. The fourth-order valence-electron chi connectivity index (χ4n) is 9.38. The first-order chi connectivity index (χ1) is 31.1. The number of allylic oxidation sites excluding steroid dienone is 7. The van der Waals surface area contributed by atoms with E-state index in [-0.39, 0.29) is 6.04 Å². The molecule has 3 aromatic heterocycles. The molecule has 312 valence electrons. The van der Waals surface area contributed by atoms with Crippen molar-refractivity contribution in [2.75, 3.05) is 7.05 Å². The van der Waals surface area contributed by atoms with E-state index in [4.69, 9.17) is 0 Å². The summed E-state index contributed by atoms with van der Waals surface area (Å²) >= 11 is 1.86. The summed E-state index contributed by atoms with van der Waals surface area (Å²) < 4.78 is 7.65. The van der Waals surface area contributed by atoms with Gasteiger partial charge in [-0.25, -0.2) is 0 Å². The first kappa shape index (κ1) is 41.6. The average Bonchev–Trinajstić information content (AvgIpc) is 3.78. The highest BCUT2D eigenvalue weighted by molar-refractivity contribution is 7.25. The second-order valence-electron chi connectivity index (χ2n) is 16.1. The summed E-state index contributed by atoms with van der Waals surface area (Å²) in [6.07, 6.45) is 25.0. The molecule has 0 saturated carbocycles. The fourth-order valence-corrected chi connectivity index (χ4v) is 10.5. The number of nitrogens with zero attached hydrogens (tertiary/aromatic N) is 2. The van der Waals surface area contributed by atoms with Crippen LogP contribution in [0.15, 0.2) is 182 Å². The molecular formula is C59H55N3S. The predicted molar refractivity (Wildman–Crippen MR) is 278 cm³/mol. The third kappa shape index (κ3) is 8.09. The Kier molecular flexibility index (Phi) is 12.4. The van der Waals surface area contributed by atoms with Crippen LogP contribution in [0.3, 0.4) is 0 Å². The summed E-state index contributed by atoms with van der Waals surface area (Å²) in [5.41, 5.74) is 14.5. The Morgan fingerprint density at radius 1 is 0.698 bits per heavy atom. The van der Waals surface area contributed by atoms with Crippen LogP contribution in [0, 0.1) is 0 Å². The van der Waals surface area contributed by atoms with Gasteiger partial charge < -0.3 is 14.5 Å². The van der Waals surface area contributed by atoms with E-state index < -0.39 is 0 Å². The van der Waals surface area contributed by atoms with Gasteiger partial charge >= 0.3 is 0 Å². The zero-order chi connectivity index (χ0) is 43.3. The van der Waals surface area contributed by atoms with Gasteiger partial charge in [0.05, 0.1) is 17.1 Å². The lowest BCUT2D eigenvalue weighted by Crippen LogP contribution is -2.13. The monoisotopic (exact) mass is 837 g/mol. The van der Waals surface area contributed by atoms with Gasteiger partial charge in [-0.3, -0.25) is 0 Å². The maximum absolute atomic E-state index is 3.75. The van der Waals surface area contributed by atoms with Gasteiger partial charge in [-0.1, -0.05) is 160 Å². The van der Waals surface area contributed by atoms with Crippen molar-refractivity contribution in [3.8, 4) is 11.1 Å². The molecule has 3 heterocycles. The van der Waals surface area contributed by atoms with E-state index >= 15 is 0 Å². The molecule has 2 aliphatic rings. The molecule has 0 amide bonds. The van der Waals surface area contributed by atoms with Crippen molar-refractivity contribution >= 4 is 82.4 Å². The number of aromatic nitrogens is 2. The van der Waals surface area contributed by atoms with Crippen molar-refractivity contribution in [3.05, 3.63) is 210 Å². The van der Waals surface area contributed by atoms with E-state index in [1.165, 1.54) is 97.5 Å². The third-order valence-electron chi connectivity index (χ3n) is 12.4. The first-order valence-electron chi connectivity index (χ1n) is 22.4.